The van der Waals surface area contributed by atoms with Gasteiger partial charge < -0.3 is 25.0 Å². The van der Waals surface area contributed by atoms with Crippen LogP contribution in [-0.4, -0.2) is 45.9 Å². The Morgan fingerprint density at radius 3 is 2.44 bits per heavy atom. The largest absolute Gasteiger partial charge is 0.504 e. The monoisotopic (exact) mass is 375 g/mol. The Kier molecular flexibility index (Phi) is 4.10. The summed E-state index contributed by atoms with van der Waals surface area (Å²) in [4.78, 5) is 25.8. The highest BCUT2D eigenvalue weighted by Gasteiger charge is 2.32. The zero-order valence-corrected chi connectivity index (χ0v) is 15.2. The number of rotatable bonds is 3. The summed E-state index contributed by atoms with van der Waals surface area (Å²) in [5, 5.41) is 23.5. The van der Waals surface area contributed by atoms with E-state index in [4.69, 9.17) is 0 Å². The molecule has 2 atom stereocenters. The van der Waals surface area contributed by atoms with E-state index in [0.29, 0.717) is 13.1 Å². The van der Waals surface area contributed by atoms with E-state index in [1.54, 1.807) is 9.47 Å². The molecular weight excluding hydrogens is 353 g/mol. The molecule has 8 heteroatoms. The number of anilines is 1. The highest BCUT2D eigenvalue weighted by atomic mass is 19.1. The van der Waals surface area contributed by atoms with Crippen molar-refractivity contribution in [3.8, 4) is 5.75 Å². The maximum Gasteiger partial charge on any atom is 0.341 e. The van der Waals surface area contributed by atoms with Crippen LogP contribution in [0.1, 0.15) is 43.1 Å². The fourth-order valence-corrected chi connectivity index (χ4v) is 4.06. The summed E-state index contributed by atoms with van der Waals surface area (Å²) in [5.74, 6) is -2.37. The Labute approximate surface area is 155 Å². The topological polar surface area (TPSA) is 94.8 Å². The van der Waals surface area contributed by atoms with E-state index in [9.17, 15) is 24.2 Å². The molecule has 0 spiro atoms. The van der Waals surface area contributed by atoms with E-state index in [0.717, 1.165) is 18.9 Å². The smallest absolute Gasteiger partial charge is 0.341 e. The van der Waals surface area contributed by atoms with Crippen molar-refractivity contribution < 1.29 is 19.4 Å². The van der Waals surface area contributed by atoms with Gasteiger partial charge >= 0.3 is 5.97 Å². The first-order chi connectivity index (χ1) is 12.8. The molecule has 1 aromatic carbocycles. The fraction of sp³-hybridized carbons (Fsp3) is 0.474. The number of fused-ring (bicyclic) bond motifs is 1. The predicted molar refractivity (Wildman–Crippen MR) is 99.3 cm³/mol. The SMILES string of the molecule is CC1CN(c2c(F)cc3c(=O)c(C(=O)O)cn(C4CC4)c3c2O)CC(C)N1. The molecule has 0 radical (unpaired) electrons. The summed E-state index contributed by atoms with van der Waals surface area (Å²) in [7, 11) is 0. The molecule has 7 nitrogen and oxygen atoms in total. The van der Waals surface area contributed by atoms with E-state index >= 15 is 0 Å². The first-order valence-electron chi connectivity index (χ1n) is 9.12. The van der Waals surface area contributed by atoms with Crippen molar-refractivity contribution in [2.45, 2.75) is 44.8 Å². The molecule has 1 saturated carbocycles. The Bertz CT molecular complexity index is 989. The van der Waals surface area contributed by atoms with Crippen molar-refractivity contribution in [1.82, 2.24) is 9.88 Å². The van der Waals surface area contributed by atoms with E-state index in [-0.39, 0.29) is 40.5 Å². The van der Waals surface area contributed by atoms with E-state index in [2.05, 4.69) is 5.32 Å². The van der Waals surface area contributed by atoms with E-state index < -0.39 is 22.8 Å². The number of piperazine rings is 1. The summed E-state index contributed by atoms with van der Waals surface area (Å²) < 4.78 is 16.6. The van der Waals surface area contributed by atoms with Gasteiger partial charge in [-0.25, -0.2) is 9.18 Å². The number of phenolic OH excluding ortho intramolecular Hbond substituents is 1. The third-order valence-corrected chi connectivity index (χ3v) is 5.26. The molecule has 2 aromatic rings. The lowest BCUT2D eigenvalue weighted by atomic mass is 10.1. The van der Waals surface area contributed by atoms with Gasteiger partial charge in [0.1, 0.15) is 11.3 Å². The van der Waals surface area contributed by atoms with Crippen LogP contribution in [0.2, 0.25) is 0 Å². The normalized spacial score (nSPS) is 23.0. The van der Waals surface area contributed by atoms with Gasteiger partial charge in [0.2, 0.25) is 5.43 Å². The molecule has 27 heavy (non-hydrogen) atoms. The third kappa shape index (κ3) is 2.93. The van der Waals surface area contributed by atoms with Crippen molar-refractivity contribution in [2.24, 2.45) is 0 Å². The van der Waals surface area contributed by atoms with Gasteiger partial charge in [0.15, 0.2) is 11.6 Å². The second kappa shape index (κ2) is 6.23. The number of carboxylic acids is 1. The molecule has 2 fully saturated rings. The minimum absolute atomic E-state index is 0.0104. The number of aromatic hydroxyl groups is 1. The van der Waals surface area contributed by atoms with Crippen LogP contribution < -0.4 is 15.6 Å². The summed E-state index contributed by atoms with van der Waals surface area (Å²) in [6.07, 6.45) is 2.92. The molecule has 0 amide bonds. The van der Waals surface area contributed by atoms with Crippen LogP contribution in [0.5, 0.6) is 5.75 Å². The van der Waals surface area contributed by atoms with Crippen LogP contribution in [0.25, 0.3) is 10.9 Å². The Morgan fingerprint density at radius 1 is 1.26 bits per heavy atom. The van der Waals surface area contributed by atoms with Gasteiger partial charge in [-0.2, -0.15) is 0 Å². The molecule has 4 rings (SSSR count). The summed E-state index contributed by atoms with van der Waals surface area (Å²) in [5.41, 5.74) is -0.912. The van der Waals surface area contributed by atoms with Gasteiger partial charge in [-0.1, -0.05) is 0 Å². The maximum atomic E-state index is 15.0. The predicted octanol–water partition coefficient (Wildman–Crippen LogP) is 2.07. The van der Waals surface area contributed by atoms with Gasteiger partial charge in [0.05, 0.1) is 10.9 Å². The number of nitrogens with one attached hydrogen (secondary N) is 1. The number of pyridine rings is 1. The molecule has 2 aliphatic rings. The first-order valence-corrected chi connectivity index (χ1v) is 9.12. The second-order valence-electron chi connectivity index (χ2n) is 7.64. The highest BCUT2D eigenvalue weighted by Crippen LogP contribution is 2.43. The van der Waals surface area contributed by atoms with Crippen molar-refractivity contribution >= 4 is 22.6 Å². The summed E-state index contributed by atoms with van der Waals surface area (Å²) in [6.45, 7) is 5.00. The van der Waals surface area contributed by atoms with Gasteiger partial charge in [0.25, 0.3) is 0 Å². The zero-order chi connectivity index (χ0) is 19.5. The van der Waals surface area contributed by atoms with Gasteiger partial charge in [-0.15, -0.1) is 0 Å². The first kappa shape index (κ1) is 17.8. The Hall–Kier alpha value is -2.61. The molecule has 2 unspecified atom stereocenters. The number of benzene rings is 1. The quantitative estimate of drug-likeness (QED) is 0.760. The minimum Gasteiger partial charge on any atom is -0.504 e. The number of carbonyl (C=O) groups is 1. The van der Waals surface area contributed by atoms with Gasteiger partial charge in [0, 0.05) is 37.4 Å². The number of carboxylic acid groups (broad SMARTS) is 1. The van der Waals surface area contributed by atoms with E-state index in [1.807, 2.05) is 13.8 Å². The Balaban J connectivity index is 1.98. The number of phenols is 1. The summed E-state index contributed by atoms with van der Waals surface area (Å²) >= 11 is 0. The standard InChI is InChI=1S/C19H22FN3O4/c1-9-6-22(7-10(2)21-9)16-14(20)5-12-15(18(16)25)23(11-3-4-11)8-13(17(12)24)19(26)27/h5,8-11,21,25H,3-4,6-7H2,1-2H3,(H,26,27). The molecule has 1 saturated heterocycles. The van der Waals surface area contributed by atoms with Crippen LogP contribution in [0.4, 0.5) is 10.1 Å². The number of nitrogens with zero attached hydrogens (tertiary/aromatic N) is 2. The molecule has 144 valence electrons. The number of aromatic carboxylic acids is 1. The number of aromatic nitrogens is 1. The molecule has 2 heterocycles. The molecule has 1 aliphatic carbocycles. The van der Waals surface area contributed by atoms with Crippen LogP contribution in [-0.2, 0) is 0 Å². The molecule has 0 bridgehead atoms. The van der Waals surface area contributed by atoms with Crippen LogP contribution >= 0.6 is 0 Å². The maximum absolute atomic E-state index is 15.0. The van der Waals surface area contributed by atoms with Gasteiger partial charge in [-0.3, -0.25) is 4.79 Å². The van der Waals surface area contributed by atoms with Crippen molar-refractivity contribution in [2.75, 3.05) is 18.0 Å². The highest BCUT2D eigenvalue weighted by molar-refractivity contribution is 5.96. The average molecular weight is 375 g/mol. The summed E-state index contributed by atoms with van der Waals surface area (Å²) in [6, 6.07) is 1.30. The zero-order valence-electron chi connectivity index (χ0n) is 15.2. The lowest BCUT2D eigenvalue weighted by molar-refractivity contribution is 0.0694. The third-order valence-electron chi connectivity index (χ3n) is 5.26. The van der Waals surface area contributed by atoms with Gasteiger partial charge in [-0.05, 0) is 32.8 Å². The van der Waals surface area contributed by atoms with Crippen molar-refractivity contribution in [3.05, 3.63) is 33.9 Å². The molecular formula is C19H22FN3O4. The lowest BCUT2D eigenvalue weighted by Gasteiger charge is -2.38. The van der Waals surface area contributed by atoms with Crippen molar-refractivity contribution in [1.29, 1.82) is 0 Å². The minimum atomic E-state index is -1.36. The average Bonchev–Trinajstić information content (AvgIpc) is 3.39. The fourth-order valence-electron chi connectivity index (χ4n) is 4.06. The van der Waals surface area contributed by atoms with Crippen LogP contribution in [0, 0.1) is 5.82 Å². The number of hydrogen-bond acceptors (Lipinski definition) is 5. The molecule has 1 aromatic heterocycles. The van der Waals surface area contributed by atoms with Crippen molar-refractivity contribution in [3.63, 3.8) is 0 Å². The van der Waals surface area contributed by atoms with Crippen LogP contribution in [0.15, 0.2) is 17.1 Å². The number of hydrogen-bond donors (Lipinski definition) is 3. The molecule has 3 N–H and O–H groups in total. The molecule has 1 aliphatic heterocycles. The lowest BCUT2D eigenvalue weighted by Crippen LogP contribution is -2.54. The van der Waals surface area contributed by atoms with E-state index in [1.165, 1.54) is 6.20 Å². The second-order valence-corrected chi connectivity index (χ2v) is 7.64. The Morgan fingerprint density at radius 2 is 1.89 bits per heavy atom. The van der Waals surface area contributed by atoms with Crippen LogP contribution in [0.3, 0.4) is 0 Å². The number of halogens is 1.